The van der Waals surface area contributed by atoms with E-state index in [0.717, 1.165) is 13.1 Å². The van der Waals surface area contributed by atoms with Crippen molar-refractivity contribution in [1.82, 2.24) is 10.6 Å². The zero-order chi connectivity index (χ0) is 10.5. The van der Waals surface area contributed by atoms with Gasteiger partial charge < -0.3 is 10.6 Å². The van der Waals surface area contributed by atoms with Gasteiger partial charge in [-0.15, -0.1) is 13.2 Å². The average molecular weight is 182 g/mol. The predicted octanol–water partition coefficient (Wildman–Crippen LogP) is 0.866. The van der Waals surface area contributed by atoms with Gasteiger partial charge in [0.05, 0.1) is 0 Å². The highest BCUT2D eigenvalue weighted by Gasteiger charge is 1.78. The summed E-state index contributed by atoms with van der Waals surface area (Å²) in [5, 5.41) is 5.41. The van der Waals surface area contributed by atoms with Crippen LogP contribution in [0.25, 0.3) is 0 Å². The second-order valence-corrected chi connectivity index (χ2v) is 2.05. The highest BCUT2D eigenvalue weighted by molar-refractivity contribution is 5.86. The van der Waals surface area contributed by atoms with E-state index in [2.05, 4.69) is 30.4 Å². The highest BCUT2D eigenvalue weighted by atomic mass is 16.1. The van der Waals surface area contributed by atoms with Crippen LogP contribution in [0, 0.1) is 0 Å². The molecule has 0 heterocycles. The number of carbonyl (C=O) groups is 1. The molecule has 3 heteroatoms. The molecule has 0 radical (unpaired) electrons. The third-order valence-corrected chi connectivity index (χ3v) is 1.01. The smallest absolute Gasteiger partial charge is 0.243 e. The predicted molar refractivity (Wildman–Crippen MR) is 57.5 cm³/mol. The maximum absolute atomic E-state index is 9.95. The van der Waals surface area contributed by atoms with E-state index in [-0.39, 0.29) is 5.91 Å². The van der Waals surface area contributed by atoms with Crippen LogP contribution in [-0.4, -0.2) is 26.0 Å². The molecule has 0 aliphatic carbocycles. The first-order chi connectivity index (χ1) is 6.22. The Morgan fingerprint density at radius 1 is 1.23 bits per heavy atom. The maximum Gasteiger partial charge on any atom is 0.243 e. The third-order valence-electron chi connectivity index (χ3n) is 1.01. The Labute approximate surface area is 80.2 Å². The summed E-state index contributed by atoms with van der Waals surface area (Å²) in [4.78, 5) is 9.95. The van der Waals surface area contributed by atoms with Crippen molar-refractivity contribution in [2.45, 2.75) is 0 Å². The topological polar surface area (TPSA) is 41.1 Å². The van der Waals surface area contributed by atoms with E-state index < -0.39 is 0 Å². The van der Waals surface area contributed by atoms with Crippen molar-refractivity contribution in [2.75, 3.05) is 20.1 Å². The summed E-state index contributed by atoms with van der Waals surface area (Å²) in [5.74, 6) is -0.144. The molecule has 13 heavy (non-hydrogen) atoms. The molecule has 0 spiro atoms. The Bertz CT molecular complexity index is 156. The van der Waals surface area contributed by atoms with E-state index in [1.54, 1.807) is 7.05 Å². The van der Waals surface area contributed by atoms with E-state index in [9.17, 15) is 4.79 Å². The number of nitrogens with one attached hydrogen (secondary N) is 2. The lowest BCUT2D eigenvalue weighted by atomic mass is 10.5. The van der Waals surface area contributed by atoms with E-state index in [0.29, 0.717) is 0 Å². The van der Waals surface area contributed by atoms with Gasteiger partial charge in [0.15, 0.2) is 0 Å². The molecule has 74 valence electrons. The fraction of sp³-hybridized carbons (Fsp3) is 0.300. The van der Waals surface area contributed by atoms with Crippen molar-refractivity contribution in [3.63, 3.8) is 0 Å². The molecular weight excluding hydrogens is 164 g/mol. The van der Waals surface area contributed by atoms with Gasteiger partial charge in [0.25, 0.3) is 0 Å². The van der Waals surface area contributed by atoms with Crippen LogP contribution in [-0.2, 0) is 4.79 Å². The van der Waals surface area contributed by atoms with Crippen molar-refractivity contribution in [2.24, 2.45) is 0 Å². The van der Waals surface area contributed by atoms with Gasteiger partial charge >= 0.3 is 0 Å². The Morgan fingerprint density at radius 2 is 1.69 bits per heavy atom. The van der Waals surface area contributed by atoms with Crippen molar-refractivity contribution >= 4 is 5.91 Å². The standard InChI is InChI=1S/C6H11N.C4H7NO/c1-3-5-7-6-4-2;1-3-4(6)5-2/h3-4,7H,1-2,5-6H2;3H,1H2,2H3,(H,5,6). The molecule has 2 N–H and O–H groups in total. The Hall–Kier alpha value is -1.35. The van der Waals surface area contributed by atoms with Crippen LogP contribution in [0.15, 0.2) is 38.0 Å². The van der Waals surface area contributed by atoms with Gasteiger partial charge in [-0.05, 0) is 6.08 Å². The molecule has 1 amide bonds. The fourth-order valence-electron chi connectivity index (χ4n) is 0.390. The zero-order valence-electron chi connectivity index (χ0n) is 8.18. The van der Waals surface area contributed by atoms with Crippen LogP contribution in [0.5, 0.6) is 0 Å². The summed E-state index contributed by atoms with van der Waals surface area (Å²) in [6, 6.07) is 0. The summed E-state index contributed by atoms with van der Waals surface area (Å²) in [6.07, 6.45) is 4.87. The van der Waals surface area contributed by atoms with Gasteiger partial charge in [0.1, 0.15) is 0 Å². The van der Waals surface area contributed by atoms with Crippen molar-refractivity contribution in [1.29, 1.82) is 0 Å². The minimum absolute atomic E-state index is 0.144. The number of hydrogen-bond donors (Lipinski definition) is 2. The van der Waals surface area contributed by atoms with Gasteiger partial charge in [-0.25, -0.2) is 0 Å². The van der Waals surface area contributed by atoms with Gasteiger partial charge in [0.2, 0.25) is 5.91 Å². The second-order valence-electron chi connectivity index (χ2n) is 2.05. The first kappa shape index (κ1) is 14.2. The normalized spacial score (nSPS) is 7.46. The van der Waals surface area contributed by atoms with Crippen molar-refractivity contribution in [3.05, 3.63) is 38.0 Å². The van der Waals surface area contributed by atoms with Crippen LogP contribution in [0.3, 0.4) is 0 Å². The number of hydrogen-bond acceptors (Lipinski definition) is 2. The second kappa shape index (κ2) is 13.3. The Balaban J connectivity index is 0. The van der Waals surface area contributed by atoms with Gasteiger partial charge in [0, 0.05) is 20.1 Å². The number of amides is 1. The summed E-state index contributed by atoms with van der Waals surface area (Å²) in [5.41, 5.74) is 0. The molecule has 0 saturated heterocycles. The van der Waals surface area contributed by atoms with E-state index in [4.69, 9.17) is 0 Å². The molecule has 0 rings (SSSR count). The van der Waals surface area contributed by atoms with E-state index >= 15 is 0 Å². The van der Waals surface area contributed by atoms with Crippen LogP contribution in [0.4, 0.5) is 0 Å². The van der Waals surface area contributed by atoms with E-state index in [1.807, 2.05) is 12.2 Å². The molecule has 3 nitrogen and oxygen atoms in total. The van der Waals surface area contributed by atoms with Crippen LogP contribution in [0.1, 0.15) is 0 Å². The summed E-state index contributed by atoms with van der Waals surface area (Å²) in [7, 11) is 1.56. The quantitative estimate of drug-likeness (QED) is 0.376. The molecule has 0 aliphatic heterocycles. The minimum atomic E-state index is -0.144. The zero-order valence-corrected chi connectivity index (χ0v) is 8.18. The molecule has 0 unspecified atom stereocenters. The summed E-state index contributed by atoms with van der Waals surface area (Å²) >= 11 is 0. The van der Waals surface area contributed by atoms with Gasteiger partial charge in [-0.3, -0.25) is 4.79 Å². The maximum atomic E-state index is 9.95. The van der Waals surface area contributed by atoms with E-state index in [1.165, 1.54) is 6.08 Å². The molecule has 0 aromatic rings. The monoisotopic (exact) mass is 182 g/mol. The van der Waals surface area contributed by atoms with Crippen molar-refractivity contribution < 1.29 is 4.79 Å². The summed E-state index contributed by atoms with van der Waals surface area (Å²) < 4.78 is 0. The fourth-order valence-corrected chi connectivity index (χ4v) is 0.390. The molecule has 0 aliphatic rings. The van der Waals surface area contributed by atoms with Crippen molar-refractivity contribution in [3.8, 4) is 0 Å². The first-order valence-electron chi connectivity index (χ1n) is 3.99. The van der Waals surface area contributed by atoms with Crippen LogP contribution < -0.4 is 10.6 Å². The molecular formula is C10H18N2O. The lowest BCUT2D eigenvalue weighted by molar-refractivity contribution is -0.116. The Kier molecular flexibility index (Phi) is 14.5. The van der Waals surface area contributed by atoms with Gasteiger partial charge in [-0.2, -0.15) is 0 Å². The number of likely N-dealkylation sites (N-methyl/N-ethyl adjacent to an activating group) is 1. The third kappa shape index (κ3) is 18.0. The molecule has 0 fully saturated rings. The SMILES string of the molecule is C=CC(=O)NC.C=CCNCC=C. The Morgan fingerprint density at radius 3 is 1.85 bits per heavy atom. The largest absolute Gasteiger partial charge is 0.356 e. The molecule has 0 saturated carbocycles. The highest BCUT2D eigenvalue weighted by Crippen LogP contribution is 1.59. The molecule has 0 atom stereocenters. The van der Waals surface area contributed by atoms with Crippen LogP contribution >= 0.6 is 0 Å². The summed E-state index contributed by atoms with van der Waals surface area (Å²) in [6.45, 7) is 12.0. The van der Waals surface area contributed by atoms with Crippen LogP contribution in [0.2, 0.25) is 0 Å². The molecule has 0 aromatic heterocycles. The minimum Gasteiger partial charge on any atom is -0.356 e. The average Bonchev–Trinajstić information content (AvgIpc) is 2.18. The first-order valence-corrected chi connectivity index (χ1v) is 3.99. The van der Waals surface area contributed by atoms with Gasteiger partial charge in [-0.1, -0.05) is 18.7 Å². The molecule has 0 bridgehead atoms. The number of carbonyl (C=O) groups excluding carboxylic acids is 1. The number of rotatable bonds is 5. The molecule has 0 aromatic carbocycles. The lowest BCUT2D eigenvalue weighted by Crippen LogP contribution is -2.13. The lowest BCUT2D eigenvalue weighted by Gasteiger charge is -1.90.